The molecule has 1 aromatic rings. The van der Waals surface area contributed by atoms with Crippen LogP contribution in [0.25, 0.3) is 0 Å². The molecule has 0 saturated heterocycles. The second-order valence-electron chi connectivity index (χ2n) is 3.63. The number of nitrogens with two attached hydrogens (primary N) is 1. The van der Waals surface area contributed by atoms with Gasteiger partial charge < -0.3 is 15.0 Å². The maximum absolute atomic E-state index is 11.9. The van der Waals surface area contributed by atoms with E-state index in [4.69, 9.17) is 10.5 Å². The molecule has 102 valence electrons. The number of rotatable bonds is 8. The van der Waals surface area contributed by atoms with Crippen LogP contribution in [0.4, 0.5) is 5.82 Å². The number of anilines is 1. The summed E-state index contributed by atoms with van der Waals surface area (Å²) in [5, 5.41) is -0.0337. The zero-order valence-corrected chi connectivity index (χ0v) is 11.1. The highest BCUT2D eigenvalue weighted by atomic mass is 32.2. The fraction of sp³-hybridized carbons (Fsp3) is 0.500. The largest absolute Gasteiger partial charge is 0.381 e. The lowest BCUT2D eigenvalue weighted by molar-refractivity contribution is 0.144. The van der Waals surface area contributed by atoms with Gasteiger partial charge >= 0.3 is 0 Å². The molecule has 1 heterocycles. The molecule has 1 rings (SSSR count). The highest BCUT2D eigenvalue weighted by Gasteiger charge is 2.21. The summed E-state index contributed by atoms with van der Waals surface area (Å²) in [4.78, 5) is 3.73. The summed E-state index contributed by atoms with van der Waals surface area (Å²) in [7, 11) is -2.08. The second-order valence-corrected chi connectivity index (χ2v) is 5.32. The maximum Gasteiger partial charge on any atom is 0.260 e. The van der Waals surface area contributed by atoms with Gasteiger partial charge in [-0.1, -0.05) is 6.08 Å². The van der Waals surface area contributed by atoms with Gasteiger partial charge in [0.1, 0.15) is 0 Å². The molecule has 8 heteroatoms. The van der Waals surface area contributed by atoms with Crippen LogP contribution in [0.3, 0.4) is 0 Å². The molecule has 0 aliphatic heterocycles. The van der Waals surface area contributed by atoms with Gasteiger partial charge in [0.2, 0.25) is 0 Å². The van der Waals surface area contributed by atoms with E-state index in [-0.39, 0.29) is 17.4 Å². The lowest BCUT2D eigenvalue weighted by Gasteiger charge is -2.08. The zero-order valence-electron chi connectivity index (χ0n) is 10.3. The van der Waals surface area contributed by atoms with Crippen LogP contribution in [0.5, 0.6) is 0 Å². The van der Waals surface area contributed by atoms with Crippen LogP contribution in [0.15, 0.2) is 24.0 Å². The molecular weight excluding hydrogens is 256 g/mol. The molecule has 18 heavy (non-hydrogen) atoms. The van der Waals surface area contributed by atoms with Gasteiger partial charge in [-0.2, -0.15) is 0 Å². The first kappa shape index (κ1) is 14.7. The molecule has 0 unspecified atom stereocenters. The summed E-state index contributed by atoms with van der Waals surface area (Å²) in [6.07, 6.45) is 3.83. The summed E-state index contributed by atoms with van der Waals surface area (Å²) in [5.74, 6) is -0.0161. The third-order valence-electron chi connectivity index (χ3n) is 2.17. The van der Waals surface area contributed by atoms with Crippen LogP contribution in [0.1, 0.15) is 6.42 Å². The lowest BCUT2D eigenvalue weighted by Crippen LogP contribution is -2.29. The van der Waals surface area contributed by atoms with Gasteiger partial charge in [-0.05, 0) is 6.42 Å². The average molecular weight is 274 g/mol. The molecule has 0 radical (unpaired) electrons. The predicted octanol–water partition coefficient (Wildman–Crippen LogP) is -0.127. The van der Waals surface area contributed by atoms with Crippen LogP contribution in [0, 0.1) is 0 Å². The number of nitrogen functional groups attached to an aromatic ring is 1. The van der Waals surface area contributed by atoms with Crippen LogP contribution in [-0.2, 0) is 21.8 Å². The summed E-state index contributed by atoms with van der Waals surface area (Å²) in [6.45, 7) is 4.56. The van der Waals surface area contributed by atoms with Crippen molar-refractivity contribution < 1.29 is 13.2 Å². The fourth-order valence-electron chi connectivity index (χ4n) is 1.35. The molecule has 0 fully saturated rings. The second kappa shape index (κ2) is 6.53. The Morgan fingerprint density at radius 2 is 2.33 bits per heavy atom. The number of nitrogens with one attached hydrogen (secondary N) is 1. The van der Waals surface area contributed by atoms with Crippen molar-refractivity contribution in [2.24, 2.45) is 7.05 Å². The summed E-state index contributed by atoms with van der Waals surface area (Å²) in [5.41, 5.74) is 5.50. The molecule has 0 saturated carbocycles. The SMILES string of the molecule is C=CCCOCCNS(=O)(=O)c1c(N)ncn1C. The van der Waals surface area contributed by atoms with E-state index in [1.165, 1.54) is 10.9 Å². The van der Waals surface area contributed by atoms with E-state index in [0.717, 1.165) is 6.42 Å². The number of aryl methyl sites for hydroxylation is 1. The summed E-state index contributed by atoms with van der Waals surface area (Å²) >= 11 is 0. The molecule has 7 nitrogen and oxygen atoms in total. The van der Waals surface area contributed by atoms with E-state index in [9.17, 15) is 8.42 Å². The van der Waals surface area contributed by atoms with E-state index >= 15 is 0 Å². The minimum atomic E-state index is -3.65. The number of hydrogen-bond acceptors (Lipinski definition) is 5. The van der Waals surface area contributed by atoms with Crippen molar-refractivity contribution in [3.05, 3.63) is 19.0 Å². The first-order chi connectivity index (χ1) is 8.49. The van der Waals surface area contributed by atoms with Gasteiger partial charge in [0.15, 0.2) is 10.8 Å². The highest BCUT2D eigenvalue weighted by Crippen LogP contribution is 2.14. The van der Waals surface area contributed by atoms with Gasteiger partial charge in [0.05, 0.1) is 19.5 Å². The van der Waals surface area contributed by atoms with Crippen molar-refractivity contribution in [3.63, 3.8) is 0 Å². The van der Waals surface area contributed by atoms with Crippen LogP contribution >= 0.6 is 0 Å². The number of imidazole rings is 1. The fourth-order valence-corrected chi connectivity index (χ4v) is 2.59. The van der Waals surface area contributed by atoms with Gasteiger partial charge in [0, 0.05) is 13.6 Å². The van der Waals surface area contributed by atoms with Gasteiger partial charge in [-0.3, -0.25) is 0 Å². The van der Waals surface area contributed by atoms with Crippen LogP contribution in [0.2, 0.25) is 0 Å². The number of ether oxygens (including phenoxy) is 1. The normalized spacial score (nSPS) is 11.6. The topological polar surface area (TPSA) is 99.2 Å². The molecule has 1 aromatic heterocycles. The van der Waals surface area contributed by atoms with Gasteiger partial charge in [-0.25, -0.2) is 18.1 Å². The van der Waals surface area contributed by atoms with Crippen molar-refractivity contribution >= 4 is 15.8 Å². The molecule has 0 aliphatic rings. The van der Waals surface area contributed by atoms with Crippen molar-refractivity contribution in [1.29, 1.82) is 0 Å². The Kier molecular flexibility index (Phi) is 5.32. The van der Waals surface area contributed by atoms with Crippen LogP contribution < -0.4 is 10.5 Å². The minimum Gasteiger partial charge on any atom is -0.381 e. The lowest BCUT2D eigenvalue weighted by atomic mass is 10.5. The van der Waals surface area contributed by atoms with E-state index in [1.807, 2.05) is 0 Å². The maximum atomic E-state index is 11.9. The van der Waals surface area contributed by atoms with E-state index in [2.05, 4.69) is 16.3 Å². The Hall–Kier alpha value is -1.38. The standard InChI is InChI=1S/C10H18N4O3S/c1-3-4-6-17-7-5-13-18(15,16)10-9(11)12-8-14(10)2/h3,8,13H,1,4-7,11H2,2H3. The molecular formula is C10H18N4O3S. The number of hydrogen-bond donors (Lipinski definition) is 2. The number of nitrogens with zero attached hydrogens (tertiary/aromatic N) is 2. The summed E-state index contributed by atoms with van der Waals surface area (Å²) in [6, 6.07) is 0. The molecule has 0 aromatic carbocycles. The van der Waals surface area contributed by atoms with Crippen molar-refractivity contribution in [1.82, 2.24) is 14.3 Å². The molecule has 0 aliphatic carbocycles. The zero-order chi connectivity index (χ0) is 13.6. The first-order valence-corrected chi connectivity index (χ1v) is 6.92. The molecule has 0 bridgehead atoms. The van der Waals surface area contributed by atoms with Gasteiger partial charge in [-0.15, -0.1) is 6.58 Å². The minimum absolute atomic E-state index is 0.0161. The first-order valence-electron chi connectivity index (χ1n) is 5.44. The number of sulfonamides is 1. The predicted molar refractivity (Wildman–Crippen MR) is 68.4 cm³/mol. The van der Waals surface area contributed by atoms with E-state index in [1.54, 1.807) is 13.1 Å². The summed E-state index contributed by atoms with van der Waals surface area (Å²) < 4.78 is 32.8. The average Bonchev–Trinajstić information content (AvgIpc) is 2.64. The molecule has 0 atom stereocenters. The third kappa shape index (κ3) is 3.83. The monoisotopic (exact) mass is 274 g/mol. The smallest absolute Gasteiger partial charge is 0.260 e. The quantitative estimate of drug-likeness (QED) is 0.508. The third-order valence-corrected chi connectivity index (χ3v) is 3.76. The molecule has 0 amide bonds. The number of aromatic nitrogens is 2. The Morgan fingerprint density at radius 1 is 1.61 bits per heavy atom. The van der Waals surface area contributed by atoms with E-state index in [0.29, 0.717) is 13.2 Å². The van der Waals surface area contributed by atoms with Crippen molar-refractivity contribution in [2.45, 2.75) is 11.4 Å². The molecule has 3 N–H and O–H groups in total. The van der Waals surface area contributed by atoms with Gasteiger partial charge in [0.25, 0.3) is 10.0 Å². The Bertz CT molecular complexity index is 476. The Labute approximate surface area is 107 Å². The van der Waals surface area contributed by atoms with Crippen LogP contribution in [-0.4, -0.2) is 37.7 Å². The van der Waals surface area contributed by atoms with Crippen molar-refractivity contribution in [2.75, 3.05) is 25.5 Å². The Balaban J connectivity index is 2.48. The van der Waals surface area contributed by atoms with Crippen molar-refractivity contribution in [3.8, 4) is 0 Å². The molecule has 0 spiro atoms. The van der Waals surface area contributed by atoms with E-state index < -0.39 is 10.0 Å². The highest BCUT2D eigenvalue weighted by molar-refractivity contribution is 7.89. The Morgan fingerprint density at radius 3 is 2.89 bits per heavy atom.